The highest BCUT2D eigenvalue weighted by molar-refractivity contribution is 6.03. The average molecular weight is 934 g/mol. The SMILES string of the molecule is C=CCO[C@@]12Oc3ccc(OC(=O)Nc4ccc(OC)cc4OC)cc3[C@H]3[C@H](CCCCO)[C@@H](CCCCO)C=C(C(=NOC(C)(C)C)C[C@@H]1N(CCOCCO)C(=O)CCC1CCCC1)[C@H]32. The molecule has 15 nitrogen and oxygen atoms in total. The number of nitrogens with zero attached hydrogens (tertiary/aromatic N) is 2. The van der Waals surface area contributed by atoms with Crippen LogP contribution in [0.2, 0.25) is 0 Å². The minimum absolute atomic E-state index is 0.00683. The van der Waals surface area contributed by atoms with Crippen molar-refractivity contribution in [1.29, 1.82) is 0 Å². The second-order valence-electron chi connectivity index (χ2n) is 19.2. The number of amides is 2. The van der Waals surface area contributed by atoms with E-state index in [1.54, 1.807) is 37.5 Å². The Morgan fingerprint density at radius 2 is 1.69 bits per heavy atom. The summed E-state index contributed by atoms with van der Waals surface area (Å²) >= 11 is 0. The van der Waals surface area contributed by atoms with Crippen molar-refractivity contribution in [1.82, 2.24) is 4.90 Å². The van der Waals surface area contributed by atoms with Crippen LogP contribution in [-0.2, 0) is 19.1 Å². The maximum atomic E-state index is 14.9. The van der Waals surface area contributed by atoms with E-state index in [1.807, 2.05) is 37.8 Å². The number of benzene rings is 2. The van der Waals surface area contributed by atoms with Gasteiger partial charge in [-0.2, -0.15) is 0 Å². The molecule has 1 heterocycles. The molecule has 3 aliphatic carbocycles. The number of nitrogens with one attached hydrogen (secondary N) is 1. The lowest BCUT2D eigenvalue weighted by atomic mass is 9.55. The van der Waals surface area contributed by atoms with Gasteiger partial charge in [-0.05, 0) is 107 Å². The summed E-state index contributed by atoms with van der Waals surface area (Å²) in [7, 11) is 3.06. The van der Waals surface area contributed by atoms with Gasteiger partial charge in [0, 0.05) is 50.1 Å². The molecular weight excluding hydrogens is 859 g/mol. The number of carbonyl (C=O) groups excluding carboxylic acids is 2. The lowest BCUT2D eigenvalue weighted by molar-refractivity contribution is -0.258. The lowest BCUT2D eigenvalue weighted by Crippen LogP contribution is -2.70. The molecule has 2 amide bonds. The molecule has 15 heteroatoms. The van der Waals surface area contributed by atoms with E-state index in [0.29, 0.717) is 53.8 Å². The number of ether oxygens (including phenoxy) is 6. The van der Waals surface area contributed by atoms with E-state index in [1.165, 1.54) is 20.0 Å². The Bertz CT molecular complexity index is 2010. The molecule has 0 saturated heterocycles. The van der Waals surface area contributed by atoms with E-state index < -0.39 is 29.4 Å². The Balaban J connectivity index is 1.53. The van der Waals surface area contributed by atoms with Crippen LogP contribution in [0.15, 0.2) is 65.9 Å². The number of aliphatic hydroxyl groups excluding tert-OH is 3. The zero-order valence-corrected chi connectivity index (χ0v) is 40.3. The van der Waals surface area contributed by atoms with Gasteiger partial charge in [-0.3, -0.25) is 10.1 Å². The highest BCUT2D eigenvalue weighted by atomic mass is 16.7. The molecule has 370 valence electrons. The van der Waals surface area contributed by atoms with Gasteiger partial charge in [0.1, 0.15) is 34.6 Å². The van der Waals surface area contributed by atoms with Crippen molar-refractivity contribution >= 4 is 23.4 Å². The number of hydrogen-bond acceptors (Lipinski definition) is 13. The molecule has 1 aliphatic heterocycles. The standard InChI is InChI=1S/C52H75N3O12/c1-7-28-64-52-46(55(24-29-63-30-27-58)47(59)23-18-35-14-8-9-15-35)34-43(54-67-51(2,3)4)40-31-36(16-10-12-25-56)39(17-11-13-26-57)48(49(40)52)41-32-38(20-22-44(41)66-52)65-50(60)53-42-21-19-37(61-5)33-45(42)62-6/h7,19-22,31-33,35-36,39,46,48-49,56-58H,1,8-18,23-30,34H2,2-6H3,(H,53,60)/t36-,39+,46-,48+,49+,52+/m0/s1. The van der Waals surface area contributed by atoms with Gasteiger partial charge >= 0.3 is 6.09 Å². The molecule has 0 aromatic heterocycles. The fraction of sp³-hybridized carbons (Fsp3) is 0.635. The molecule has 2 aromatic carbocycles. The van der Waals surface area contributed by atoms with E-state index in [0.717, 1.165) is 56.1 Å². The summed E-state index contributed by atoms with van der Waals surface area (Å²) in [6.07, 6.45) is 13.5. The molecule has 6 rings (SSSR count). The molecule has 4 aliphatic rings. The number of anilines is 1. The van der Waals surface area contributed by atoms with Crippen LogP contribution in [0.1, 0.15) is 116 Å². The fourth-order valence-electron chi connectivity index (χ4n) is 10.6. The van der Waals surface area contributed by atoms with Gasteiger partial charge in [-0.25, -0.2) is 4.79 Å². The predicted octanol–water partition coefficient (Wildman–Crippen LogP) is 8.55. The minimum atomic E-state index is -1.46. The van der Waals surface area contributed by atoms with Gasteiger partial charge in [-0.15, -0.1) is 6.58 Å². The molecule has 0 radical (unpaired) electrons. The van der Waals surface area contributed by atoms with E-state index in [-0.39, 0.29) is 82.0 Å². The van der Waals surface area contributed by atoms with Crippen molar-refractivity contribution in [3.63, 3.8) is 0 Å². The summed E-state index contributed by atoms with van der Waals surface area (Å²) in [5.41, 5.74) is 2.16. The van der Waals surface area contributed by atoms with Crippen LogP contribution in [0.4, 0.5) is 10.5 Å². The van der Waals surface area contributed by atoms with Crippen LogP contribution in [0.5, 0.6) is 23.0 Å². The Morgan fingerprint density at radius 1 is 0.940 bits per heavy atom. The zero-order valence-electron chi connectivity index (χ0n) is 40.3. The van der Waals surface area contributed by atoms with Crippen LogP contribution in [0.25, 0.3) is 0 Å². The summed E-state index contributed by atoms with van der Waals surface area (Å²) in [6, 6.07) is 9.72. The van der Waals surface area contributed by atoms with Gasteiger partial charge in [-0.1, -0.05) is 55.8 Å². The van der Waals surface area contributed by atoms with Crippen LogP contribution < -0.4 is 24.3 Å². The number of unbranched alkanes of at least 4 members (excludes halogenated alkanes) is 2. The monoisotopic (exact) mass is 934 g/mol. The van der Waals surface area contributed by atoms with E-state index in [4.69, 9.17) is 38.4 Å². The second-order valence-corrected chi connectivity index (χ2v) is 19.2. The van der Waals surface area contributed by atoms with Gasteiger partial charge < -0.3 is 53.5 Å². The number of methoxy groups -OCH3 is 2. The topological polar surface area (TPSA) is 187 Å². The zero-order chi connectivity index (χ0) is 48.0. The molecule has 2 fully saturated rings. The average Bonchev–Trinajstić information content (AvgIpc) is 3.84. The van der Waals surface area contributed by atoms with Gasteiger partial charge in [0.2, 0.25) is 11.7 Å². The van der Waals surface area contributed by atoms with Crippen molar-refractivity contribution in [3.05, 3.63) is 66.3 Å². The number of oxime groups is 1. The molecular formula is C52H75N3O12. The van der Waals surface area contributed by atoms with Crippen LogP contribution in [-0.4, -0.2) is 116 Å². The second kappa shape index (κ2) is 24.6. The van der Waals surface area contributed by atoms with Crippen LogP contribution in [0.3, 0.4) is 0 Å². The summed E-state index contributed by atoms with van der Waals surface area (Å²) in [5, 5.41) is 37.4. The summed E-state index contributed by atoms with van der Waals surface area (Å²) in [5.74, 6) is -0.145. The minimum Gasteiger partial charge on any atom is -0.497 e. The quantitative estimate of drug-likeness (QED) is 0.0423. The summed E-state index contributed by atoms with van der Waals surface area (Å²) < 4.78 is 37.3. The van der Waals surface area contributed by atoms with E-state index >= 15 is 0 Å². The van der Waals surface area contributed by atoms with Crippen molar-refractivity contribution in [3.8, 4) is 23.0 Å². The van der Waals surface area contributed by atoms with Gasteiger partial charge in [0.25, 0.3) is 0 Å². The number of rotatable bonds is 25. The summed E-state index contributed by atoms with van der Waals surface area (Å²) in [6.45, 7) is 10.5. The molecule has 0 bridgehead atoms. The first-order valence-corrected chi connectivity index (χ1v) is 24.4. The Kier molecular flexibility index (Phi) is 19.0. The fourth-order valence-corrected chi connectivity index (χ4v) is 10.6. The Hall–Kier alpha value is -4.67. The van der Waals surface area contributed by atoms with E-state index in [2.05, 4.69) is 18.0 Å². The number of hydrogen-bond donors (Lipinski definition) is 4. The third-order valence-corrected chi connectivity index (χ3v) is 13.6. The first kappa shape index (κ1) is 51.7. The van der Waals surface area contributed by atoms with Crippen molar-refractivity contribution in [2.75, 3.05) is 65.7 Å². The summed E-state index contributed by atoms with van der Waals surface area (Å²) in [4.78, 5) is 36.7. The number of allylic oxidation sites excluding steroid dienone is 1. The first-order chi connectivity index (χ1) is 32.4. The third-order valence-electron chi connectivity index (χ3n) is 13.6. The molecule has 2 aromatic rings. The molecule has 6 atom stereocenters. The maximum absolute atomic E-state index is 14.9. The van der Waals surface area contributed by atoms with Crippen molar-refractivity contribution < 1.29 is 58.2 Å². The largest absolute Gasteiger partial charge is 0.497 e. The molecule has 0 spiro atoms. The number of aliphatic hydroxyl groups is 3. The third kappa shape index (κ3) is 12.9. The van der Waals surface area contributed by atoms with Crippen molar-refractivity contribution in [2.24, 2.45) is 28.8 Å². The molecule has 67 heavy (non-hydrogen) atoms. The lowest BCUT2D eigenvalue weighted by Gasteiger charge is -2.60. The maximum Gasteiger partial charge on any atom is 0.417 e. The molecule has 0 unspecified atom stereocenters. The normalized spacial score (nSPS) is 23.9. The van der Waals surface area contributed by atoms with Crippen LogP contribution >= 0.6 is 0 Å². The van der Waals surface area contributed by atoms with Crippen LogP contribution in [0, 0.1) is 23.7 Å². The molecule has 2 saturated carbocycles. The predicted molar refractivity (Wildman–Crippen MR) is 256 cm³/mol. The van der Waals surface area contributed by atoms with E-state index in [9.17, 15) is 24.9 Å². The van der Waals surface area contributed by atoms with Gasteiger partial charge in [0.05, 0.1) is 58.0 Å². The molecule has 4 N–H and O–H groups in total. The van der Waals surface area contributed by atoms with Crippen molar-refractivity contribution in [2.45, 2.75) is 128 Å². The first-order valence-electron chi connectivity index (χ1n) is 24.4. The Morgan fingerprint density at radius 3 is 2.37 bits per heavy atom. The highest BCUT2D eigenvalue weighted by Gasteiger charge is 2.65. The Labute approximate surface area is 396 Å². The number of fused-ring (bicyclic) bond motifs is 2. The number of carbonyl (C=O) groups is 2. The highest BCUT2D eigenvalue weighted by Crippen LogP contribution is 2.62. The van der Waals surface area contributed by atoms with Gasteiger partial charge in [0.15, 0.2) is 0 Å². The smallest absolute Gasteiger partial charge is 0.417 e.